The van der Waals surface area contributed by atoms with Crippen LogP contribution in [0.5, 0.6) is 0 Å². The van der Waals surface area contributed by atoms with Crippen molar-refractivity contribution in [2.45, 2.75) is 57.5 Å². The molecule has 0 saturated heterocycles. The zero-order valence-corrected chi connectivity index (χ0v) is 14.1. The van der Waals surface area contributed by atoms with E-state index in [0.717, 1.165) is 17.3 Å². The van der Waals surface area contributed by atoms with Crippen LogP contribution < -0.4 is 5.56 Å². The predicted octanol–water partition coefficient (Wildman–Crippen LogP) is 3.83. The first-order valence-corrected chi connectivity index (χ1v) is 8.77. The number of hydrogen-bond acceptors (Lipinski definition) is 4. The Labute approximate surface area is 133 Å². The number of aromatic nitrogens is 4. The summed E-state index contributed by atoms with van der Waals surface area (Å²) in [5, 5.41) is 3.81. The molecule has 0 unspecified atom stereocenters. The summed E-state index contributed by atoms with van der Waals surface area (Å²) in [4.78, 5) is 20.5. The molecule has 0 saturated carbocycles. The molecule has 21 heavy (non-hydrogen) atoms. The van der Waals surface area contributed by atoms with Crippen molar-refractivity contribution < 1.29 is 0 Å². The molecule has 0 amide bonds. The Hall–Kier alpha value is -1.01. The van der Waals surface area contributed by atoms with Gasteiger partial charge in [0.1, 0.15) is 5.02 Å². The number of aryl methyl sites for hydroxylation is 1. The Morgan fingerprint density at radius 2 is 1.90 bits per heavy atom. The Kier molecular flexibility index (Phi) is 6.11. The van der Waals surface area contributed by atoms with Crippen molar-refractivity contribution in [1.29, 1.82) is 0 Å². The minimum atomic E-state index is -0.293. The molecule has 2 aromatic heterocycles. The zero-order chi connectivity index (χ0) is 15.2. The molecular formula is C14H21ClN4OS. The van der Waals surface area contributed by atoms with Crippen LogP contribution in [0.15, 0.2) is 9.95 Å². The minimum absolute atomic E-state index is 0.142. The third kappa shape index (κ3) is 4.23. The summed E-state index contributed by atoms with van der Waals surface area (Å²) in [7, 11) is 0. The number of nitrogens with zero attached hydrogens (tertiary/aromatic N) is 3. The Bertz CT molecular complexity index is 652. The number of unbranched alkanes of at least 4 members (excludes halogenated alkanes) is 5. The van der Waals surface area contributed by atoms with E-state index < -0.39 is 0 Å². The minimum Gasteiger partial charge on any atom is -0.266 e. The maximum atomic E-state index is 11.9. The first kappa shape index (κ1) is 16.4. The lowest BCUT2D eigenvalue weighted by atomic mass is 10.1. The summed E-state index contributed by atoms with van der Waals surface area (Å²) in [6, 6.07) is 0. The van der Waals surface area contributed by atoms with Crippen LogP contribution in [0, 0.1) is 6.92 Å². The van der Waals surface area contributed by atoms with Gasteiger partial charge < -0.3 is 0 Å². The first-order valence-electron chi connectivity index (χ1n) is 7.41. The summed E-state index contributed by atoms with van der Waals surface area (Å²) < 4.78 is 1.30. The van der Waals surface area contributed by atoms with Gasteiger partial charge >= 0.3 is 0 Å². The number of hydrogen-bond donors (Lipinski definition) is 1. The fraction of sp³-hybridized carbons (Fsp3) is 0.643. The first-order chi connectivity index (χ1) is 10.1. The van der Waals surface area contributed by atoms with Crippen LogP contribution in [0.25, 0.3) is 5.78 Å². The van der Waals surface area contributed by atoms with E-state index in [-0.39, 0.29) is 10.6 Å². The molecule has 0 spiro atoms. The van der Waals surface area contributed by atoms with Crippen molar-refractivity contribution in [1.82, 2.24) is 19.6 Å². The van der Waals surface area contributed by atoms with Crippen molar-refractivity contribution in [3.05, 3.63) is 21.1 Å². The van der Waals surface area contributed by atoms with Crippen LogP contribution in [-0.2, 0) is 0 Å². The van der Waals surface area contributed by atoms with Gasteiger partial charge in [-0.3, -0.25) is 9.89 Å². The molecular weight excluding hydrogens is 308 g/mol. The molecule has 0 bridgehead atoms. The molecule has 116 valence electrons. The summed E-state index contributed by atoms with van der Waals surface area (Å²) >= 11 is 7.52. The van der Waals surface area contributed by atoms with Gasteiger partial charge in [0.15, 0.2) is 5.16 Å². The van der Waals surface area contributed by atoms with E-state index >= 15 is 0 Å². The molecule has 2 heterocycles. The van der Waals surface area contributed by atoms with E-state index in [9.17, 15) is 4.79 Å². The highest BCUT2D eigenvalue weighted by Crippen LogP contribution is 2.17. The second-order valence-corrected chi connectivity index (χ2v) is 6.56. The van der Waals surface area contributed by atoms with Gasteiger partial charge in [0.2, 0.25) is 0 Å². The quantitative estimate of drug-likeness (QED) is 0.591. The van der Waals surface area contributed by atoms with Gasteiger partial charge in [-0.15, -0.1) is 0 Å². The third-order valence-corrected chi connectivity index (χ3v) is 4.71. The summed E-state index contributed by atoms with van der Waals surface area (Å²) in [5.41, 5.74) is 0.221. The number of thioether (sulfide) groups is 1. The van der Waals surface area contributed by atoms with Crippen LogP contribution in [0.2, 0.25) is 5.02 Å². The van der Waals surface area contributed by atoms with Crippen molar-refractivity contribution in [2.75, 3.05) is 5.75 Å². The third-order valence-electron chi connectivity index (χ3n) is 3.32. The molecule has 0 radical (unpaired) electrons. The van der Waals surface area contributed by atoms with Gasteiger partial charge in [-0.25, -0.2) is 4.98 Å². The van der Waals surface area contributed by atoms with Gasteiger partial charge in [-0.05, 0) is 13.3 Å². The highest BCUT2D eigenvalue weighted by molar-refractivity contribution is 7.99. The maximum absolute atomic E-state index is 11.9. The number of nitrogens with one attached hydrogen (secondary N) is 1. The number of H-pyrrole nitrogens is 1. The van der Waals surface area contributed by atoms with Crippen LogP contribution in [0.1, 0.15) is 51.1 Å². The van der Waals surface area contributed by atoms with Crippen molar-refractivity contribution >= 4 is 29.1 Å². The summed E-state index contributed by atoms with van der Waals surface area (Å²) in [6.07, 6.45) is 7.63. The van der Waals surface area contributed by atoms with Gasteiger partial charge in [0, 0.05) is 5.75 Å². The fourth-order valence-corrected chi connectivity index (χ4v) is 3.07. The lowest BCUT2D eigenvalue weighted by Crippen LogP contribution is -2.17. The normalized spacial score (nSPS) is 11.4. The van der Waals surface area contributed by atoms with Crippen LogP contribution in [-0.4, -0.2) is 25.3 Å². The molecule has 2 rings (SSSR count). The Morgan fingerprint density at radius 1 is 1.19 bits per heavy atom. The monoisotopic (exact) mass is 328 g/mol. The van der Waals surface area contributed by atoms with Gasteiger partial charge in [0.05, 0.1) is 5.69 Å². The second kappa shape index (κ2) is 7.84. The highest BCUT2D eigenvalue weighted by Gasteiger charge is 2.11. The van der Waals surface area contributed by atoms with Gasteiger partial charge in [-0.1, -0.05) is 62.4 Å². The van der Waals surface area contributed by atoms with Gasteiger partial charge in [0.25, 0.3) is 11.3 Å². The highest BCUT2D eigenvalue weighted by atomic mass is 35.5. The average Bonchev–Trinajstić information content (AvgIpc) is 2.87. The largest absolute Gasteiger partial charge is 0.293 e. The molecule has 0 aromatic carbocycles. The lowest BCUT2D eigenvalue weighted by Gasteiger charge is -1.99. The molecule has 0 fully saturated rings. The van der Waals surface area contributed by atoms with Crippen molar-refractivity contribution in [3.8, 4) is 0 Å². The SMILES string of the molecule is CCCCCCCCSc1nc2nc(C)c(Cl)c(=O)n2[nH]1. The van der Waals surface area contributed by atoms with E-state index in [2.05, 4.69) is 22.0 Å². The fourth-order valence-electron chi connectivity index (χ4n) is 2.10. The van der Waals surface area contributed by atoms with Crippen LogP contribution in [0.3, 0.4) is 0 Å². The molecule has 1 N–H and O–H groups in total. The van der Waals surface area contributed by atoms with E-state index in [1.807, 2.05) is 0 Å². The number of rotatable bonds is 8. The standard InChI is InChI=1S/C14H21ClN4OS/c1-3-4-5-6-7-8-9-21-14-17-13-16-10(2)11(15)12(20)19(13)18-14/h3-9H2,1-2H3,(H,16,17,18). The molecule has 5 nitrogen and oxygen atoms in total. The summed E-state index contributed by atoms with van der Waals surface area (Å²) in [6.45, 7) is 3.93. The van der Waals surface area contributed by atoms with Crippen LogP contribution in [0.4, 0.5) is 0 Å². The van der Waals surface area contributed by atoms with E-state index in [1.165, 1.54) is 36.6 Å². The lowest BCUT2D eigenvalue weighted by molar-refractivity contribution is 0.627. The maximum Gasteiger partial charge on any atom is 0.293 e. The molecule has 0 atom stereocenters. The number of aromatic amines is 1. The average molecular weight is 329 g/mol. The van der Waals surface area contributed by atoms with Gasteiger partial charge in [-0.2, -0.15) is 9.50 Å². The van der Waals surface area contributed by atoms with E-state index in [0.29, 0.717) is 11.5 Å². The topological polar surface area (TPSA) is 63.1 Å². The second-order valence-electron chi connectivity index (χ2n) is 5.10. The van der Waals surface area contributed by atoms with Crippen molar-refractivity contribution in [3.63, 3.8) is 0 Å². The predicted molar refractivity (Wildman–Crippen MR) is 87.5 cm³/mol. The van der Waals surface area contributed by atoms with Crippen LogP contribution >= 0.6 is 23.4 Å². The summed E-state index contributed by atoms with van der Waals surface area (Å²) in [5.74, 6) is 1.38. The Morgan fingerprint density at radius 3 is 2.67 bits per heavy atom. The smallest absolute Gasteiger partial charge is 0.266 e. The number of fused-ring (bicyclic) bond motifs is 1. The Balaban J connectivity index is 1.89. The van der Waals surface area contributed by atoms with E-state index in [4.69, 9.17) is 11.6 Å². The van der Waals surface area contributed by atoms with Crippen molar-refractivity contribution in [2.24, 2.45) is 0 Å². The van der Waals surface area contributed by atoms with E-state index in [1.54, 1.807) is 18.7 Å². The molecule has 7 heteroatoms. The zero-order valence-electron chi connectivity index (χ0n) is 12.5. The molecule has 0 aliphatic heterocycles. The number of halogens is 1. The molecule has 2 aromatic rings. The molecule has 0 aliphatic carbocycles. The molecule has 0 aliphatic rings.